The normalized spacial score (nSPS) is 24.7. The number of benzene rings is 2. The molecule has 226 valence electrons. The van der Waals surface area contributed by atoms with Gasteiger partial charge in [-0.25, -0.2) is 4.79 Å². The third-order valence-electron chi connectivity index (χ3n) is 8.45. The van der Waals surface area contributed by atoms with Crippen molar-refractivity contribution in [3.05, 3.63) is 70.0 Å². The first-order chi connectivity index (χ1) is 20.3. The molecule has 0 heterocycles. The number of aromatic hydroxyl groups is 1. The Balaban J connectivity index is 1.57. The highest BCUT2D eigenvalue weighted by Crippen LogP contribution is 2.53. The molecule has 8 N–H and O–H groups in total. The third-order valence-corrected chi connectivity index (χ3v) is 8.45. The fraction of sp³-hybridized carbons (Fsp3) is 0.333. The van der Waals surface area contributed by atoms with Crippen molar-refractivity contribution >= 4 is 35.0 Å². The van der Waals surface area contributed by atoms with Crippen LogP contribution in [0.1, 0.15) is 23.1 Å². The first-order valence-corrected chi connectivity index (χ1v) is 13.5. The molecule has 2 amide bonds. The van der Waals surface area contributed by atoms with Crippen molar-refractivity contribution < 1.29 is 44.3 Å². The first-order valence-electron chi connectivity index (χ1n) is 13.5. The van der Waals surface area contributed by atoms with Gasteiger partial charge in [0, 0.05) is 36.3 Å². The van der Waals surface area contributed by atoms with Gasteiger partial charge in [-0.15, -0.1) is 0 Å². The molecule has 13 nitrogen and oxygen atoms in total. The standard InChI is InChI=1S/C30H32N4O9/c1-32-18-11-14(12-33-29(41)43-15-7-5-4-6-8-15)23(35)20-16(18)9-13-10-17-22(34(2)3)25(37)21(28(31)40)27(39)30(17,42)26(38)19(13)24(20)36/h4-8,11,13,17,22,32,35-36,39,42H,9-10,12H2,1-3H3,(H2,31,40)(H,33,41)/t13-,17-,22-,30-/m0/s1. The number of para-hydroxylation sites is 1. The van der Waals surface area contributed by atoms with Gasteiger partial charge in [0.2, 0.25) is 5.78 Å². The summed E-state index contributed by atoms with van der Waals surface area (Å²) < 4.78 is 5.21. The van der Waals surface area contributed by atoms with Crippen LogP contribution in [0.2, 0.25) is 0 Å². The van der Waals surface area contributed by atoms with Crippen molar-refractivity contribution in [2.75, 3.05) is 26.5 Å². The third kappa shape index (κ3) is 4.57. The lowest BCUT2D eigenvalue weighted by atomic mass is 9.57. The minimum atomic E-state index is -2.73. The highest BCUT2D eigenvalue weighted by atomic mass is 16.6. The number of ether oxygens (including phenoxy) is 1. The molecule has 0 spiro atoms. The number of nitrogens with two attached hydrogens (primary N) is 1. The van der Waals surface area contributed by atoms with Crippen LogP contribution < -0.4 is 21.1 Å². The smallest absolute Gasteiger partial charge is 0.412 e. The lowest BCUT2D eigenvalue weighted by molar-refractivity contribution is -0.153. The van der Waals surface area contributed by atoms with E-state index in [2.05, 4.69) is 10.6 Å². The van der Waals surface area contributed by atoms with Crippen LogP contribution in [0.4, 0.5) is 10.5 Å². The number of phenols is 1. The van der Waals surface area contributed by atoms with E-state index in [9.17, 15) is 39.6 Å². The Morgan fingerprint density at radius 2 is 1.81 bits per heavy atom. The number of ketones is 2. The Hall–Kier alpha value is -4.88. The van der Waals surface area contributed by atoms with Crippen LogP contribution in [-0.4, -0.2) is 81.7 Å². The van der Waals surface area contributed by atoms with Gasteiger partial charge in [0.25, 0.3) is 5.91 Å². The molecule has 3 aliphatic carbocycles. The molecule has 0 aliphatic heterocycles. The van der Waals surface area contributed by atoms with E-state index in [1.807, 2.05) is 0 Å². The summed E-state index contributed by atoms with van der Waals surface area (Å²) in [5.41, 5.74) is 2.57. The van der Waals surface area contributed by atoms with Gasteiger partial charge in [0.15, 0.2) is 11.4 Å². The number of fused-ring (bicyclic) bond motifs is 3. The molecule has 43 heavy (non-hydrogen) atoms. The van der Waals surface area contributed by atoms with E-state index in [-0.39, 0.29) is 36.1 Å². The summed E-state index contributed by atoms with van der Waals surface area (Å²) in [6.45, 7) is -0.205. The quantitative estimate of drug-likeness (QED) is 0.188. The Kier molecular flexibility index (Phi) is 7.40. The lowest BCUT2D eigenvalue weighted by Gasteiger charge is -2.50. The predicted octanol–water partition coefficient (Wildman–Crippen LogP) is 1.29. The summed E-state index contributed by atoms with van der Waals surface area (Å²) in [6.07, 6.45) is -0.686. The van der Waals surface area contributed by atoms with Crippen LogP contribution in [0, 0.1) is 11.8 Å². The van der Waals surface area contributed by atoms with Crippen LogP contribution in [0.5, 0.6) is 11.5 Å². The van der Waals surface area contributed by atoms with Gasteiger partial charge in [-0.05, 0) is 56.6 Å². The summed E-state index contributed by atoms with van der Waals surface area (Å²) in [5.74, 6) is -6.99. The minimum absolute atomic E-state index is 0.0235. The van der Waals surface area contributed by atoms with Crippen LogP contribution in [0.3, 0.4) is 0 Å². The molecule has 4 atom stereocenters. The van der Waals surface area contributed by atoms with Crippen molar-refractivity contribution in [1.82, 2.24) is 10.2 Å². The molecule has 1 saturated carbocycles. The summed E-state index contributed by atoms with van der Waals surface area (Å²) in [7, 11) is 4.70. The number of hydrogen-bond donors (Lipinski definition) is 7. The summed E-state index contributed by atoms with van der Waals surface area (Å²) in [6, 6.07) is 8.77. The van der Waals surface area contributed by atoms with Crippen molar-refractivity contribution in [2.45, 2.75) is 31.0 Å². The minimum Gasteiger partial charge on any atom is -0.508 e. The van der Waals surface area contributed by atoms with Gasteiger partial charge in [0.05, 0.1) is 11.6 Å². The number of aliphatic hydroxyl groups excluding tert-OH is 2. The number of rotatable bonds is 6. The molecule has 13 heteroatoms. The van der Waals surface area contributed by atoms with Crippen LogP contribution in [-0.2, 0) is 27.3 Å². The van der Waals surface area contributed by atoms with Gasteiger partial charge in [0.1, 0.15) is 28.6 Å². The molecular formula is C30H32N4O9. The predicted molar refractivity (Wildman–Crippen MR) is 153 cm³/mol. The number of aliphatic hydroxyl groups is 3. The van der Waals surface area contributed by atoms with E-state index < -0.39 is 69.9 Å². The lowest BCUT2D eigenvalue weighted by Crippen LogP contribution is -2.65. The first kappa shape index (κ1) is 29.6. The second-order valence-corrected chi connectivity index (χ2v) is 11.1. The Morgan fingerprint density at radius 1 is 1.14 bits per heavy atom. The molecule has 0 bridgehead atoms. The molecule has 5 rings (SSSR count). The van der Waals surface area contributed by atoms with Crippen LogP contribution in [0.25, 0.3) is 5.76 Å². The summed E-state index contributed by atoms with van der Waals surface area (Å²) >= 11 is 0. The number of Topliss-reactive ketones (excluding diaryl/α,β-unsaturated/α-hetero) is 2. The molecule has 0 saturated heterocycles. The number of phenolic OH excluding ortho intramolecular Hbond substituents is 1. The van der Waals surface area contributed by atoms with Crippen LogP contribution >= 0.6 is 0 Å². The van der Waals surface area contributed by atoms with Crippen molar-refractivity contribution in [1.29, 1.82) is 0 Å². The van der Waals surface area contributed by atoms with Gasteiger partial charge in [-0.3, -0.25) is 19.3 Å². The highest BCUT2D eigenvalue weighted by Gasteiger charge is 2.64. The van der Waals surface area contributed by atoms with Gasteiger partial charge in [-0.1, -0.05) is 18.2 Å². The molecule has 2 aromatic rings. The molecule has 2 aromatic carbocycles. The topological polar surface area (TPSA) is 212 Å². The summed E-state index contributed by atoms with van der Waals surface area (Å²) in [4.78, 5) is 53.2. The zero-order chi connectivity index (χ0) is 31.4. The number of likely N-dealkylation sites (N-methyl/N-ethyl adjacent to an activating group) is 1. The SMILES string of the molecule is CNc1cc(CNC(=O)Oc2ccccc2)c(O)c2c1C[C@H]1C[C@H]3[C@H](N(C)C)C(=O)C(C(N)=O)=C(O)[C@@]3(O)C(=O)C1=C2O. The fourth-order valence-electron chi connectivity index (χ4n) is 6.52. The molecule has 0 radical (unpaired) electrons. The number of carbonyl (C=O) groups is 4. The Bertz CT molecular complexity index is 1610. The van der Waals surface area contributed by atoms with E-state index >= 15 is 0 Å². The van der Waals surface area contributed by atoms with Gasteiger partial charge >= 0.3 is 6.09 Å². The fourth-order valence-corrected chi connectivity index (χ4v) is 6.52. The zero-order valence-corrected chi connectivity index (χ0v) is 23.7. The molecule has 0 aromatic heterocycles. The van der Waals surface area contributed by atoms with Gasteiger partial charge in [-0.2, -0.15) is 0 Å². The van der Waals surface area contributed by atoms with Crippen LogP contribution in [0.15, 0.2) is 53.3 Å². The monoisotopic (exact) mass is 592 g/mol. The Labute approximate surface area is 246 Å². The van der Waals surface area contributed by atoms with E-state index in [0.29, 0.717) is 17.0 Å². The number of primary amides is 1. The number of hydrogen-bond acceptors (Lipinski definition) is 11. The number of nitrogens with zero attached hydrogens (tertiary/aromatic N) is 1. The number of carbonyl (C=O) groups excluding carboxylic acids is 4. The number of nitrogens with one attached hydrogen (secondary N) is 2. The zero-order valence-electron chi connectivity index (χ0n) is 23.7. The average Bonchev–Trinajstić information content (AvgIpc) is 2.94. The highest BCUT2D eigenvalue weighted by molar-refractivity contribution is 6.24. The second kappa shape index (κ2) is 10.7. The summed E-state index contributed by atoms with van der Waals surface area (Å²) in [5, 5.41) is 51.0. The maximum Gasteiger partial charge on any atom is 0.412 e. The van der Waals surface area contributed by atoms with E-state index in [4.69, 9.17) is 10.5 Å². The van der Waals surface area contributed by atoms with Crippen molar-refractivity contribution in [3.8, 4) is 11.5 Å². The second-order valence-electron chi connectivity index (χ2n) is 11.1. The average molecular weight is 593 g/mol. The van der Waals surface area contributed by atoms with E-state index in [1.54, 1.807) is 43.4 Å². The van der Waals surface area contributed by atoms with Gasteiger partial charge < -0.3 is 41.5 Å². The molecule has 1 fully saturated rings. The number of amides is 2. The maximum atomic E-state index is 14.0. The van der Waals surface area contributed by atoms with E-state index in [1.165, 1.54) is 19.0 Å². The number of anilines is 1. The largest absolute Gasteiger partial charge is 0.508 e. The maximum absolute atomic E-state index is 14.0. The Morgan fingerprint density at radius 3 is 2.42 bits per heavy atom. The van der Waals surface area contributed by atoms with E-state index in [0.717, 1.165) is 0 Å². The van der Waals surface area contributed by atoms with Crippen molar-refractivity contribution in [2.24, 2.45) is 17.6 Å². The molecular weight excluding hydrogens is 560 g/mol. The molecule has 0 unspecified atom stereocenters. The molecule has 3 aliphatic rings. The van der Waals surface area contributed by atoms with Crippen molar-refractivity contribution in [3.63, 3.8) is 0 Å².